The molecule has 0 saturated heterocycles. The number of carbonyl (C=O) groups is 1. The largest absolute Gasteiger partial charge is 0.325 e. The summed E-state index contributed by atoms with van der Waals surface area (Å²) in [5.41, 5.74) is 4.75. The minimum Gasteiger partial charge on any atom is -0.308 e. The van der Waals surface area contributed by atoms with Gasteiger partial charge in [0.25, 0.3) is 0 Å². The number of H-pyrrole nitrogens is 1. The van der Waals surface area contributed by atoms with E-state index in [1.807, 2.05) is 42.7 Å². The lowest BCUT2D eigenvalue weighted by Crippen LogP contribution is -2.19. The molecule has 10 heteroatoms. The zero-order valence-corrected chi connectivity index (χ0v) is 15.2. The number of urea groups is 1. The molecule has 4 rings (SSSR count). The first-order chi connectivity index (χ1) is 12.7. The predicted octanol–water partition coefficient (Wildman–Crippen LogP) is 3.99. The lowest BCUT2D eigenvalue weighted by Gasteiger charge is -2.05. The van der Waals surface area contributed by atoms with Gasteiger partial charge in [0.15, 0.2) is 0 Å². The van der Waals surface area contributed by atoms with Crippen molar-refractivity contribution in [3.8, 4) is 0 Å². The van der Waals surface area contributed by atoms with Crippen molar-refractivity contribution in [2.75, 3.05) is 10.6 Å². The first-order valence-electron chi connectivity index (χ1n) is 7.60. The van der Waals surface area contributed by atoms with Crippen LogP contribution in [0.1, 0.15) is 16.4 Å². The molecule has 26 heavy (non-hydrogen) atoms. The molecule has 0 unspecified atom stereocenters. The number of amides is 2. The molecule has 4 aromatic rings. The predicted molar refractivity (Wildman–Crippen MR) is 104 cm³/mol. The molecule has 0 aliphatic heterocycles. The lowest BCUT2D eigenvalue weighted by molar-refractivity contribution is 0.262. The molecule has 3 heterocycles. The summed E-state index contributed by atoms with van der Waals surface area (Å²) >= 11 is 2.86. The van der Waals surface area contributed by atoms with Crippen LogP contribution in [0.2, 0.25) is 0 Å². The van der Waals surface area contributed by atoms with Gasteiger partial charge < -0.3 is 5.32 Å². The summed E-state index contributed by atoms with van der Waals surface area (Å²) in [6.45, 7) is 1.97. The number of benzene rings is 1. The van der Waals surface area contributed by atoms with Crippen molar-refractivity contribution in [1.29, 1.82) is 0 Å². The molecule has 0 bridgehead atoms. The highest BCUT2D eigenvalue weighted by molar-refractivity contribution is 7.13. The number of fused-ring (bicyclic) bond motifs is 1. The van der Waals surface area contributed by atoms with Gasteiger partial charge in [0.1, 0.15) is 5.51 Å². The van der Waals surface area contributed by atoms with E-state index in [2.05, 4.69) is 36.0 Å². The van der Waals surface area contributed by atoms with Crippen molar-refractivity contribution in [3.63, 3.8) is 0 Å². The van der Waals surface area contributed by atoms with Gasteiger partial charge in [0, 0.05) is 16.5 Å². The molecule has 0 saturated carbocycles. The van der Waals surface area contributed by atoms with E-state index in [9.17, 15) is 4.79 Å². The molecule has 2 amide bonds. The Kier molecular flexibility index (Phi) is 4.42. The third-order valence-electron chi connectivity index (χ3n) is 3.48. The number of aromatic nitrogens is 5. The molecule has 0 atom stereocenters. The summed E-state index contributed by atoms with van der Waals surface area (Å²) in [6, 6.07) is 5.18. The van der Waals surface area contributed by atoms with Gasteiger partial charge >= 0.3 is 6.03 Å². The molecule has 3 aromatic heterocycles. The summed E-state index contributed by atoms with van der Waals surface area (Å²) in [4.78, 5) is 16.4. The van der Waals surface area contributed by atoms with Gasteiger partial charge in [-0.05, 0) is 37.3 Å². The fourth-order valence-corrected chi connectivity index (χ4v) is 3.37. The number of nitrogens with one attached hydrogen (secondary N) is 3. The minimum atomic E-state index is -0.375. The van der Waals surface area contributed by atoms with Gasteiger partial charge in [0.05, 0.1) is 21.9 Å². The van der Waals surface area contributed by atoms with E-state index in [1.54, 1.807) is 16.8 Å². The number of hydrogen-bond donors (Lipinski definition) is 3. The van der Waals surface area contributed by atoms with E-state index in [-0.39, 0.29) is 6.03 Å². The third kappa shape index (κ3) is 3.60. The van der Waals surface area contributed by atoms with Crippen molar-refractivity contribution in [1.82, 2.24) is 25.4 Å². The van der Waals surface area contributed by atoms with Gasteiger partial charge in [-0.25, -0.2) is 9.78 Å². The normalized spacial score (nSPS) is 11.3. The smallest absolute Gasteiger partial charge is 0.308 e. The Balaban J connectivity index is 1.49. The fourth-order valence-electron chi connectivity index (χ4n) is 2.35. The lowest BCUT2D eigenvalue weighted by atomic mass is 10.2. The second kappa shape index (κ2) is 7.02. The maximum Gasteiger partial charge on any atom is 0.325 e. The van der Waals surface area contributed by atoms with Crippen molar-refractivity contribution >= 4 is 62.6 Å². The average Bonchev–Trinajstić information content (AvgIpc) is 3.34. The van der Waals surface area contributed by atoms with E-state index >= 15 is 0 Å². The van der Waals surface area contributed by atoms with Crippen LogP contribution in [0.3, 0.4) is 0 Å². The van der Waals surface area contributed by atoms with Crippen molar-refractivity contribution < 1.29 is 4.79 Å². The topological polar surface area (TPSA) is 108 Å². The van der Waals surface area contributed by atoms with Gasteiger partial charge in [-0.15, -0.1) is 21.5 Å². The van der Waals surface area contributed by atoms with Gasteiger partial charge in [-0.1, -0.05) is 11.3 Å². The minimum absolute atomic E-state index is 0.375. The first kappa shape index (κ1) is 16.4. The third-order valence-corrected chi connectivity index (χ3v) is 4.88. The molecule has 0 fully saturated rings. The van der Waals surface area contributed by atoms with Crippen LogP contribution < -0.4 is 10.6 Å². The molecule has 130 valence electrons. The number of aryl methyl sites for hydroxylation is 1. The van der Waals surface area contributed by atoms with Gasteiger partial charge in [-0.2, -0.15) is 5.10 Å². The van der Waals surface area contributed by atoms with Crippen molar-refractivity contribution in [2.24, 2.45) is 0 Å². The molecular weight excluding hydrogens is 370 g/mol. The van der Waals surface area contributed by atoms with Crippen LogP contribution in [0.5, 0.6) is 0 Å². The summed E-state index contributed by atoms with van der Waals surface area (Å²) in [7, 11) is 0. The summed E-state index contributed by atoms with van der Waals surface area (Å²) < 4.78 is 0. The van der Waals surface area contributed by atoms with Crippen LogP contribution in [-0.4, -0.2) is 31.4 Å². The summed E-state index contributed by atoms with van der Waals surface area (Å²) in [5, 5.41) is 24.5. The second-order valence-electron chi connectivity index (χ2n) is 5.32. The van der Waals surface area contributed by atoms with Crippen molar-refractivity contribution in [2.45, 2.75) is 6.92 Å². The number of anilines is 2. The Hall–Kier alpha value is -3.11. The highest BCUT2D eigenvalue weighted by Gasteiger charge is 2.08. The van der Waals surface area contributed by atoms with Crippen LogP contribution in [0.15, 0.2) is 29.1 Å². The van der Waals surface area contributed by atoms with Gasteiger partial charge in [0.2, 0.25) is 5.13 Å². The first-order valence-corrected chi connectivity index (χ1v) is 9.36. The zero-order valence-electron chi connectivity index (χ0n) is 13.6. The standard InChI is InChI=1S/C16H13N7OS2/c1-9-18-11(7-25-9)3-5-13-12-4-2-10(6-14(12)22-21-13)19-15(24)20-16-23-17-8-26-16/h2-8H,1H3,(H,21,22)(H2,19,20,23,24)/b5-3+. The average molecular weight is 383 g/mol. The Morgan fingerprint density at radius 3 is 2.92 bits per heavy atom. The number of carbonyl (C=O) groups excluding carboxylic acids is 1. The molecule has 0 spiro atoms. The van der Waals surface area contributed by atoms with Crippen LogP contribution in [0.25, 0.3) is 23.1 Å². The van der Waals surface area contributed by atoms with Crippen LogP contribution in [0.4, 0.5) is 15.6 Å². The Morgan fingerprint density at radius 2 is 2.15 bits per heavy atom. The van der Waals surface area contributed by atoms with Gasteiger partial charge in [-0.3, -0.25) is 10.4 Å². The number of nitrogens with zero attached hydrogens (tertiary/aromatic N) is 4. The zero-order chi connectivity index (χ0) is 17.9. The molecule has 8 nitrogen and oxygen atoms in total. The Labute approximate surface area is 156 Å². The van der Waals surface area contributed by atoms with Crippen LogP contribution >= 0.6 is 22.7 Å². The molecule has 0 radical (unpaired) electrons. The number of thiazole rings is 1. The van der Waals surface area contributed by atoms with E-state index in [4.69, 9.17) is 0 Å². The maximum absolute atomic E-state index is 12.0. The maximum atomic E-state index is 12.0. The summed E-state index contributed by atoms with van der Waals surface area (Å²) in [5.74, 6) is 0. The van der Waals surface area contributed by atoms with E-state index in [0.29, 0.717) is 10.8 Å². The Bertz CT molecular complexity index is 1080. The number of rotatable bonds is 4. The van der Waals surface area contributed by atoms with Crippen LogP contribution in [0, 0.1) is 6.92 Å². The number of aromatic amines is 1. The second-order valence-corrected chi connectivity index (χ2v) is 7.21. The molecule has 1 aromatic carbocycles. The van der Waals surface area contributed by atoms with Crippen LogP contribution in [-0.2, 0) is 0 Å². The molecule has 3 N–H and O–H groups in total. The van der Waals surface area contributed by atoms with Crippen molar-refractivity contribution in [3.05, 3.63) is 45.5 Å². The summed E-state index contributed by atoms with van der Waals surface area (Å²) in [6.07, 6.45) is 3.85. The quantitative estimate of drug-likeness (QED) is 0.494. The number of hydrogen-bond acceptors (Lipinski definition) is 7. The highest BCUT2D eigenvalue weighted by Crippen LogP contribution is 2.22. The van der Waals surface area contributed by atoms with E-state index in [0.717, 1.165) is 27.3 Å². The Morgan fingerprint density at radius 1 is 1.23 bits per heavy atom. The monoisotopic (exact) mass is 383 g/mol. The highest BCUT2D eigenvalue weighted by atomic mass is 32.1. The van der Waals surface area contributed by atoms with E-state index in [1.165, 1.54) is 11.3 Å². The molecule has 0 aliphatic rings. The molecule has 0 aliphatic carbocycles. The van der Waals surface area contributed by atoms with E-state index < -0.39 is 0 Å². The fraction of sp³-hybridized carbons (Fsp3) is 0.0625. The SMILES string of the molecule is Cc1nc(/C=C/c2n[nH]c3cc(NC(=O)Nc4nncs4)ccc23)cs1. The molecular formula is C16H13N7OS2.